The predicted octanol–water partition coefficient (Wildman–Crippen LogP) is 1.16. The van der Waals surface area contributed by atoms with Gasteiger partial charge in [-0.05, 0) is 30.5 Å². The maximum Gasteiger partial charge on any atom is 0.341 e. The van der Waals surface area contributed by atoms with E-state index in [0.717, 1.165) is 0 Å². The lowest BCUT2D eigenvalue weighted by Crippen LogP contribution is -2.32. The highest BCUT2D eigenvalue weighted by Crippen LogP contribution is 2.21. The lowest BCUT2D eigenvalue weighted by Gasteiger charge is -2.21. The maximum absolute atomic E-state index is 12.4. The molecule has 0 unspecified atom stereocenters. The van der Waals surface area contributed by atoms with Crippen LogP contribution < -0.4 is 15.2 Å². The Kier molecular flexibility index (Phi) is 3.52. The molecule has 0 bridgehead atoms. The summed E-state index contributed by atoms with van der Waals surface area (Å²) in [4.78, 5) is 27.9. The van der Waals surface area contributed by atoms with Crippen molar-refractivity contribution in [1.82, 2.24) is 15.0 Å². The van der Waals surface area contributed by atoms with Gasteiger partial charge in [0.2, 0.25) is 5.43 Å². The number of aryl methyl sites for hydroxylation is 1. The predicted molar refractivity (Wildman–Crippen MR) is 81.4 cm³/mol. The van der Waals surface area contributed by atoms with Crippen LogP contribution in [0, 0.1) is 6.92 Å². The van der Waals surface area contributed by atoms with Gasteiger partial charge < -0.3 is 5.11 Å². The Hall–Kier alpha value is -1.77. The highest BCUT2D eigenvalue weighted by Gasteiger charge is 2.22. The van der Waals surface area contributed by atoms with E-state index in [9.17, 15) is 14.7 Å². The second-order valence-electron chi connectivity index (χ2n) is 4.52. The van der Waals surface area contributed by atoms with Crippen molar-refractivity contribution < 1.29 is 9.90 Å². The van der Waals surface area contributed by atoms with Crippen molar-refractivity contribution >= 4 is 40.6 Å². The lowest BCUT2D eigenvalue weighted by molar-refractivity contribution is 0.0695. The fraction of sp³-hybridized carbons (Fsp3) is 0.250. The third-order valence-electron chi connectivity index (χ3n) is 3.14. The van der Waals surface area contributed by atoms with Crippen molar-refractivity contribution in [3.63, 3.8) is 0 Å². The van der Waals surface area contributed by atoms with Gasteiger partial charge in [-0.15, -0.1) is 0 Å². The molecule has 0 spiro atoms. The van der Waals surface area contributed by atoms with Crippen LogP contribution in [0.3, 0.4) is 0 Å². The number of aromatic carboxylic acids is 1. The molecule has 1 aliphatic rings. The van der Waals surface area contributed by atoms with Crippen LogP contribution in [0.2, 0.25) is 5.15 Å². The summed E-state index contributed by atoms with van der Waals surface area (Å²) in [6, 6.07) is 1.55. The third kappa shape index (κ3) is 2.35. The maximum atomic E-state index is 12.4. The summed E-state index contributed by atoms with van der Waals surface area (Å²) in [5.41, 5.74) is 0.116. The Balaban J connectivity index is 2.41. The highest BCUT2D eigenvalue weighted by molar-refractivity contribution is 8.00. The van der Waals surface area contributed by atoms with Gasteiger partial charge in [-0.25, -0.2) is 18.9 Å². The van der Waals surface area contributed by atoms with E-state index in [0.29, 0.717) is 23.8 Å². The number of hydrogen-bond donors (Lipinski definition) is 2. The summed E-state index contributed by atoms with van der Waals surface area (Å²) in [7, 11) is 0. The molecule has 3 rings (SSSR count). The smallest absolute Gasteiger partial charge is 0.341 e. The highest BCUT2D eigenvalue weighted by atomic mass is 35.5. The van der Waals surface area contributed by atoms with E-state index < -0.39 is 11.4 Å². The molecule has 0 radical (unpaired) electrons. The molecule has 2 aromatic rings. The molecule has 9 heteroatoms. The molecule has 1 aliphatic heterocycles. The average molecular weight is 327 g/mol. The molecule has 7 nitrogen and oxygen atoms in total. The number of rotatable bonds is 2. The fourth-order valence-corrected chi connectivity index (χ4v) is 3.21. The van der Waals surface area contributed by atoms with Crippen LogP contribution in [0.5, 0.6) is 0 Å². The molecule has 2 N–H and O–H groups in total. The zero-order valence-corrected chi connectivity index (χ0v) is 12.5. The first-order valence-electron chi connectivity index (χ1n) is 6.06. The van der Waals surface area contributed by atoms with Crippen LogP contribution in [0.15, 0.2) is 17.1 Å². The van der Waals surface area contributed by atoms with Crippen LogP contribution in [-0.2, 0) is 0 Å². The van der Waals surface area contributed by atoms with Crippen molar-refractivity contribution in [1.29, 1.82) is 0 Å². The number of nitrogens with zero attached hydrogens (tertiary/aromatic N) is 3. The van der Waals surface area contributed by atoms with E-state index in [1.807, 2.05) is 0 Å². The van der Waals surface area contributed by atoms with Crippen molar-refractivity contribution in [3.8, 4) is 0 Å². The number of hydrogen-bond acceptors (Lipinski definition) is 6. The number of nitrogens with one attached hydrogen (secondary N) is 1. The van der Waals surface area contributed by atoms with Crippen molar-refractivity contribution in [2.75, 3.05) is 17.0 Å². The summed E-state index contributed by atoms with van der Waals surface area (Å²) in [6.45, 7) is 2.22. The summed E-state index contributed by atoms with van der Waals surface area (Å²) in [5, 5.41) is 12.9. The van der Waals surface area contributed by atoms with Gasteiger partial charge in [0, 0.05) is 6.20 Å². The Bertz CT molecular complexity index is 801. The molecule has 0 atom stereocenters. The van der Waals surface area contributed by atoms with Crippen LogP contribution in [0.4, 0.5) is 0 Å². The quantitative estimate of drug-likeness (QED) is 0.632. The number of fused-ring (bicyclic) bond motifs is 1. The largest absolute Gasteiger partial charge is 0.477 e. The van der Waals surface area contributed by atoms with E-state index >= 15 is 0 Å². The van der Waals surface area contributed by atoms with Crippen LogP contribution in [0.1, 0.15) is 15.9 Å². The zero-order chi connectivity index (χ0) is 15.1. The molecule has 1 saturated heterocycles. The fourth-order valence-electron chi connectivity index (χ4n) is 2.21. The van der Waals surface area contributed by atoms with E-state index in [1.54, 1.807) is 22.1 Å². The summed E-state index contributed by atoms with van der Waals surface area (Å²) in [6.07, 6.45) is 1.29. The molecule has 1 fully saturated rings. The Morgan fingerprint density at radius 2 is 2.33 bits per heavy atom. The number of halogens is 1. The lowest BCUT2D eigenvalue weighted by atomic mass is 10.1. The second-order valence-corrected chi connectivity index (χ2v) is 5.87. The van der Waals surface area contributed by atoms with E-state index in [1.165, 1.54) is 18.1 Å². The van der Waals surface area contributed by atoms with Gasteiger partial charge in [-0.1, -0.05) is 11.6 Å². The molecule has 0 aliphatic carbocycles. The molecule has 0 aromatic carbocycles. The first kappa shape index (κ1) is 14.2. The normalized spacial score (nSPS) is 14.9. The summed E-state index contributed by atoms with van der Waals surface area (Å²) < 4.78 is 3.35. The molecular weight excluding hydrogens is 316 g/mol. The first-order valence-corrected chi connectivity index (χ1v) is 7.38. The minimum absolute atomic E-state index is 0.258. The van der Waals surface area contributed by atoms with Gasteiger partial charge in [-0.2, -0.15) is 0 Å². The topological polar surface area (TPSA) is 87.5 Å². The third-order valence-corrected chi connectivity index (χ3v) is 4.27. The molecule has 3 heterocycles. The monoisotopic (exact) mass is 326 g/mol. The first-order chi connectivity index (χ1) is 9.99. The summed E-state index contributed by atoms with van der Waals surface area (Å²) >= 11 is 7.43. The van der Waals surface area contributed by atoms with Gasteiger partial charge >= 0.3 is 5.97 Å². The molecule has 21 heavy (non-hydrogen) atoms. The van der Waals surface area contributed by atoms with Crippen LogP contribution in [0.25, 0.3) is 11.0 Å². The molecule has 110 valence electrons. The van der Waals surface area contributed by atoms with E-state index in [-0.39, 0.29) is 16.1 Å². The van der Waals surface area contributed by atoms with Gasteiger partial charge in [0.1, 0.15) is 10.7 Å². The average Bonchev–Trinajstić information content (AvgIpc) is 2.91. The van der Waals surface area contributed by atoms with Gasteiger partial charge in [0.05, 0.1) is 17.9 Å². The standard InChI is InChI=1S/C12H11ClN4O3S/c1-6-2-8(13)15-11-9(6)10(18)7(12(19)20)3-16(11)17-4-14-5-21-17/h2-3,14H,4-5H2,1H3,(H,19,20). The molecular formula is C12H11ClN4O3S. The molecule has 0 saturated carbocycles. The Morgan fingerprint density at radius 3 is 2.95 bits per heavy atom. The zero-order valence-electron chi connectivity index (χ0n) is 11.0. The SMILES string of the molecule is Cc1cc(Cl)nc2c1c(=O)c(C(=O)O)cn2N1CNCS1. The molecule has 2 aromatic heterocycles. The van der Waals surface area contributed by atoms with E-state index in [4.69, 9.17) is 11.6 Å². The second kappa shape index (κ2) is 5.21. The number of carboxylic acid groups (broad SMARTS) is 1. The minimum atomic E-state index is -1.26. The molecule has 0 amide bonds. The number of pyridine rings is 2. The Labute approximate surface area is 128 Å². The number of aromatic nitrogens is 2. The number of carboxylic acids is 1. The summed E-state index contributed by atoms with van der Waals surface area (Å²) in [5.74, 6) is -0.572. The van der Waals surface area contributed by atoms with Crippen molar-refractivity contribution in [3.05, 3.63) is 38.8 Å². The van der Waals surface area contributed by atoms with Crippen LogP contribution in [-0.4, -0.2) is 33.3 Å². The Morgan fingerprint density at radius 1 is 1.57 bits per heavy atom. The minimum Gasteiger partial charge on any atom is -0.477 e. The van der Waals surface area contributed by atoms with Gasteiger partial charge in [0.15, 0.2) is 5.65 Å². The van der Waals surface area contributed by atoms with Gasteiger partial charge in [0.25, 0.3) is 0 Å². The van der Waals surface area contributed by atoms with Crippen LogP contribution >= 0.6 is 23.5 Å². The van der Waals surface area contributed by atoms with E-state index in [2.05, 4.69) is 10.3 Å². The van der Waals surface area contributed by atoms with Crippen molar-refractivity contribution in [2.24, 2.45) is 0 Å². The van der Waals surface area contributed by atoms with Gasteiger partial charge in [-0.3, -0.25) is 10.1 Å². The van der Waals surface area contributed by atoms with Crippen molar-refractivity contribution in [2.45, 2.75) is 6.92 Å². The number of carbonyl (C=O) groups is 1.